The molecule has 2 aromatic rings. The predicted octanol–water partition coefficient (Wildman–Crippen LogP) is 2.26. The molecule has 0 spiro atoms. The highest BCUT2D eigenvalue weighted by Gasteiger charge is 2.08. The number of nitriles is 1. The minimum absolute atomic E-state index is 0.349. The van der Waals surface area contributed by atoms with Crippen LogP contribution in [0.15, 0.2) is 18.5 Å². The number of pyridine rings is 1. The van der Waals surface area contributed by atoms with Crippen LogP contribution in [0.5, 0.6) is 0 Å². The summed E-state index contributed by atoms with van der Waals surface area (Å²) in [6, 6.07) is 3.61. The quantitative estimate of drug-likeness (QED) is 0.920. The van der Waals surface area contributed by atoms with Gasteiger partial charge >= 0.3 is 0 Å². The third-order valence-corrected chi connectivity index (χ3v) is 3.18. The molecule has 5 nitrogen and oxygen atoms in total. The van der Waals surface area contributed by atoms with Crippen molar-refractivity contribution in [3.63, 3.8) is 0 Å². The van der Waals surface area contributed by atoms with Gasteiger partial charge in [0, 0.05) is 31.0 Å². The van der Waals surface area contributed by atoms with Gasteiger partial charge in [-0.25, -0.2) is 4.98 Å². The van der Waals surface area contributed by atoms with Crippen molar-refractivity contribution in [2.24, 2.45) is 7.05 Å². The molecule has 0 radical (unpaired) electrons. The Balaban J connectivity index is 2.16. The number of anilines is 1. The van der Waals surface area contributed by atoms with E-state index in [9.17, 15) is 0 Å². The Hall–Kier alpha value is -2.06. The topological polar surface area (TPSA) is 66.5 Å². The molecule has 0 amide bonds. The first kappa shape index (κ1) is 12.4. The van der Waals surface area contributed by atoms with Gasteiger partial charge in [-0.15, -0.1) is 0 Å². The summed E-state index contributed by atoms with van der Waals surface area (Å²) >= 11 is 6.05. The number of rotatable bonds is 3. The van der Waals surface area contributed by atoms with Gasteiger partial charge in [0.25, 0.3) is 0 Å². The summed E-state index contributed by atoms with van der Waals surface area (Å²) in [5.74, 6) is 0.513. The molecule has 0 saturated heterocycles. The van der Waals surface area contributed by atoms with E-state index in [1.807, 2.05) is 20.0 Å². The van der Waals surface area contributed by atoms with Crippen molar-refractivity contribution in [3.8, 4) is 6.07 Å². The molecule has 2 rings (SSSR count). The third kappa shape index (κ3) is 2.29. The molecule has 92 valence electrons. The van der Waals surface area contributed by atoms with Crippen LogP contribution < -0.4 is 5.32 Å². The van der Waals surface area contributed by atoms with Crippen LogP contribution in [0.4, 0.5) is 5.82 Å². The Labute approximate surface area is 110 Å². The normalized spacial score (nSPS) is 10.1. The van der Waals surface area contributed by atoms with Gasteiger partial charge in [0.15, 0.2) is 0 Å². The first-order valence-corrected chi connectivity index (χ1v) is 5.77. The molecule has 0 atom stereocenters. The first-order valence-electron chi connectivity index (χ1n) is 5.39. The van der Waals surface area contributed by atoms with Crippen LogP contribution in [0.25, 0.3) is 0 Å². The molecule has 6 heteroatoms. The van der Waals surface area contributed by atoms with E-state index in [1.54, 1.807) is 23.1 Å². The summed E-state index contributed by atoms with van der Waals surface area (Å²) in [6.07, 6.45) is 3.35. The van der Waals surface area contributed by atoms with E-state index in [0.29, 0.717) is 22.9 Å². The van der Waals surface area contributed by atoms with Crippen LogP contribution >= 0.6 is 11.6 Å². The molecule has 2 aromatic heterocycles. The molecular weight excluding hydrogens is 250 g/mol. The van der Waals surface area contributed by atoms with Crippen LogP contribution in [-0.4, -0.2) is 14.8 Å². The van der Waals surface area contributed by atoms with E-state index in [0.717, 1.165) is 11.3 Å². The van der Waals surface area contributed by atoms with Crippen LogP contribution in [0.2, 0.25) is 5.02 Å². The van der Waals surface area contributed by atoms with E-state index in [-0.39, 0.29) is 0 Å². The Morgan fingerprint density at radius 2 is 2.33 bits per heavy atom. The van der Waals surface area contributed by atoms with Crippen molar-refractivity contribution in [1.82, 2.24) is 14.8 Å². The van der Waals surface area contributed by atoms with Gasteiger partial charge in [0.05, 0.1) is 11.8 Å². The molecule has 2 heterocycles. The highest BCUT2D eigenvalue weighted by Crippen LogP contribution is 2.23. The number of nitrogens with one attached hydrogen (secondary N) is 1. The van der Waals surface area contributed by atoms with Gasteiger partial charge in [-0.3, -0.25) is 4.68 Å². The molecule has 0 aliphatic heterocycles. The molecule has 0 bridgehead atoms. The molecule has 1 N–H and O–H groups in total. The minimum Gasteiger partial charge on any atom is -0.365 e. The second-order valence-electron chi connectivity index (χ2n) is 3.87. The van der Waals surface area contributed by atoms with E-state index < -0.39 is 0 Å². The predicted molar refractivity (Wildman–Crippen MR) is 69.2 cm³/mol. The lowest BCUT2D eigenvalue weighted by molar-refractivity contribution is 0.738. The smallest absolute Gasteiger partial charge is 0.146 e. The van der Waals surface area contributed by atoms with Crippen molar-refractivity contribution in [1.29, 1.82) is 5.26 Å². The largest absolute Gasteiger partial charge is 0.365 e. The fourth-order valence-electron chi connectivity index (χ4n) is 1.55. The van der Waals surface area contributed by atoms with Crippen molar-refractivity contribution < 1.29 is 0 Å². The fraction of sp³-hybridized carbons (Fsp3) is 0.250. The van der Waals surface area contributed by atoms with Gasteiger partial charge in [-0.1, -0.05) is 11.6 Å². The maximum atomic E-state index is 8.87. The molecule has 18 heavy (non-hydrogen) atoms. The van der Waals surface area contributed by atoms with E-state index in [1.165, 1.54) is 0 Å². The number of hydrogen-bond donors (Lipinski definition) is 1. The lowest BCUT2D eigenvalue weighted by atomic mass is 10.2. The number of aromatic nitrogens is 3. The summed E-state index contributed by atoms with van der Waals surface area (Å²) in [4.78, 5) is 4.12. The number of aryl methyl sites for hydroxylation is 1. The minimum atomic E-state index is 0.349. The summed E-state index contributed by atoms with van der Waals surface area (Å²) in [7, 11) is 1.89. The van der Waals surface area contributed by atoms with Crippen LogP contribution in [0.3, 0.4) is 0 Å². The Bertz CT molecular complexity index is 611. The lowest BCUT2D eigenvalue weighted by Crippen LogP contribution is -2.04. The number of halogens is 1. The zero-order chi connectivity index (χ0) is 13.1. The second kappa shape index (κ2) is 5.07. The van der Waals surface area contributed by atoms with Gasteiger partial charge in [-0.05, 0) is 13.0 Å². The maximum Gasteiger partial charge on any atom is 0.146 e. The first-order chi connectivity index (χ1) is 8.63. The van der Waals surface area contributed by atoms with Gasteiger partial charge < -0.3 is 5.32 Å². The Morgan fingerprint density at radius 1 is 1.56 bits per heavy atom. The summed E-state index contributed by atoms with van der Waals surface area (Å²) in [5.41, 5.74) is 2.56. The standard InChI is InChI=1S/C12H12ClN5/c1-8-10(7-17-18(8)2)6-16-12-11(13)9(5-14)3-4-15-12/h3-4,7H,6H2,1-2H3,(H,15,16). The molecule has 0 saturated carbocycles. The molecule has 0 aliphatic rings. The third-order valence-electron chi connectivity index (χ3n) is 2.79. The van der Waals surface area contributed by atoms with Crippen molar-refractivity contribution >= 4 is 17.4 Å². The van der Waals surface area contributed by atoms with E-state index >= 15 is 0 Å². The summed E-state index contributed by atoms with van der Waals surface area (Å²) in [5, 5.41) is 16.5. The zero-order valence-electron chi connectivity index (χ0n) is 10.1. The zero-order valence-corrected chi connectivity index (χ0v) is 10.9. The van der Waals surface area contributed by atoms with Crippen LogP contribution in [0.1, 0.15) is 16.8 Å². The van der Waals surface area contributed by atoms with Crippen LogP contribution in [0, 0.1) is 18.3 Å². The maximum absolute atomic E-state index is 8.87. The number of nitrogens with zero attached hydrogens (tertiary/aromatic N) is 4. The number of hydrogen-bond acceptors (Lipinski definition) is 4. The highest BCUT2D eigenvalue weighted by molar-refractivity contribution is 6.34. The average molecular weight is 262 g/mol. The average Bonchev–Trinajstić information content (AvgIpc) is 2.69. The lowest BCUT2D eigenvalue weighted by Gasteiger charge is -2.07. The SMILES string of the molecule is Cc1c(CNc2nccc(C#N)c2Cl)cnn1C. The van der Waals surface area contributed by atoms with Crippen LogP contribution in [-0.2, 0) is 13.6 Å². The summed E-state index contributed by atoms with van der Waals surface area (Å²) < 4.78 is 1.80. The van der Waals surface area contributed by atoms with E-state index in [2.05, 4.69) is 15.4 Å². The molecule has 0 aromatic carbocycles. The molecule has 0 fully saturated rings. The Morgan fingerprint density at radius 3 is 2.94 bits per heavy atom. The Kier molecular flexibility index (Phi) is 3.49. The van der Waals surface area contributed by atoms with Crippen molar-refractivity contribution in [3.05, 3.63) is 40.3 Å². The molecule has 0 unspecified atom stereocenters. The van der Waals surface area contributed by atoms with Gasteiger partial charge in [0.2, 0.25) is 0 Å². The monoisotopic (exact) mass is 261 g/mol. The van der Waals surface area contributed by atoms with Gasteiger partial charge in [-0.2, -0.15) is 10.4 Å². The van der Waals surface area contributed by atoms with Gasteiger partial charge in [0.1, 0.15) is 16.9 Å². The van der Waals surface area contributed by atoms with Crippen molar-refractivity contribution in [2.45, 2.75) is 13.5 Å². The highest BCUT2D eigenvalue weighted by atomic mass is 35.5. The molecular formula is C12H12ClN5. The fourth-order valence-corrected chi connectivity index (χ4v) is 1.77. The summed E-state index contributed by atoms with van der Waals surface area (Å²) in [6.45, 7) is 2.56. The van der Waals surface area contributed by atoms with Crippen molar-refractivity contribution in [2.75, 3.05) is 5.32 Å². The molecule has 0 aliphatic carbocycles. The van der Waals surface area contributed by atoms with E-state index in [4.69, 9.17) is 16.9 Å². The second-order valence-corrected chi connectivity index (χ2v) is 4.24.